The van der Waals surface area contributed by atoms with Crippen molar-refractivity contribution in [2.24, 2.45) is 0 Å². The van der Waals surface area contributed by atoms with E-state index in [1.165, 1.54) is 35.2 Å². The van der Waals surface area contributed by atoms with Gasteiger partial charge in [-0.3, -0.25) is 9.78 Å². The van der Waals surface area contributed by atoms with Crippen molar-refractivity contribution in [2.75, 3.05) is 0 Å². The monoisotopic (exact) mass is 513 g/mol. The van der Waals surface area contributed by atoms with Crippen LogP contribution in [-0.4, -0.2) is 16.1 Å². The quantitative estimate of drug-likeness (QED) is 0.247. The number of hydrogen-bond donors (Lipinski definition) is 1. The minimum absolute atomic E-state index is 0.0493. The van der Waals surface area contributed by atoms with Gasteiger partial charge in [0.25, 0.3) is 0 Å². The van der Waals surface area contributed by atoms with Crippen LogP contribution in [0.2, 0.25) is 0 Å². The molecule has 0 aliphatic rings. The minimum atomic E-state index is -4.42. The molecule has 3 aromatic carbocycles. The molecule has 0 amide bonds. The molecule has 1 atom stereocenters. The molecule has 0 saturated heterocycles. The highest BCUT2D eigenvalue weighted by molar-refractivity contribution is 8.00. The molecule has 0 aliphatic carbocycles. The second-order valence-corrected chi connectivity index (χ2v) is 10.2. The van der Waals surface area contributed by atoms with Gasteiger partial charge in [0.2, 0.25) is 0 Å². The molecular formula is C27H22F3NO2S2. The molecule has 4 rings (SSSR count). The standard InChI is InChI=1S/C27H22F3NO2S2/c1-18-15-23(13-7-19(18)8-14-25(32)33)35-26(24-16-31-17-34-24,20-5-3-2-4-6-20)21-9-11-22(12-10-21)27(28,29)30/h2-7,9-13,15-17H,8,14H2,1H3,(H,32,33). The van der Waals surface area contributed by atoms with E-state index >= 15 is 0 Å². The lowest BCUT2D eigenvalue weighted by atomic mass is 9.88. The second kappa shape index (κ2) is 10.3. The van der Waals surface area contributed by atoms with E-state index in [1.807, 2.05) is 55.5 Å². The van der Waals surface area contributed by atoms with Gasteiger partial charge >= 0.3 is 12.1 Å². The molecule has 0 saturated carbocycles. The minimum Gasteiger partial charge on any atom is -0.481 e. The van der Waals surface area contributed by atoms with Gasteiger partial charge < -0.3 is 5.11 Å². The van der Waals surface area contributed by atoms with Crippen molar-refractivity contribution >= 4 is 29.1 Å². The molecule has 1 N–H and O–H groups in total. The topological polar surface area (TPSA) is 50.2 Å². The molecule has 0 bridgehead atoms. The second-order valence-electron chi connectivity index (χ2n) is 8.07. The number of nitrogens with zero attached hydrogens (tertiary/aromatic N) is 1. The third-order valence-electron chi connectivity index (χ3n) is 5.77. The molecule has 1 unspecified atom stereocenters. The average molecular weight is 514 g/mol. The van der Waals surface area contributed by atoms with Crippen LogP contribution in [0.15, 0.2) is 89.4 Å². The third kappa shape index (κ3) is 5.44. The zero-order valence-corrected chi connectivity index (χ0v) is 20.4. The maximum Gasteiger partial charge on any atom is 0.416 e. The summed E-state index contributed by atoms with van der Waals surface area (Å²) in [5, 5.41) is 9.02. The number of carbonyl (C=O) groups is 1. The molecule has 35 heavy (non-hydrogen) atoms. The Kier molecular flexibility index (Phi) is 7.33. The molecule has 180 valence electrons. The first-order valence-corrected chi connectivity index (χ1v) is 12.5. The van der Waals surface area contributed by atoms with Gasteiger partial charge in [0.05, 0.1) is 11.1 Å². The van der Waals surface area contributed by atoms with E-state index < -0.39 is 22.5 Å². The Morgan fingerprint density at radius 1 is 0.971 bits per heavy atom. The number of carboxylic acid groups (broad SMARTS) is 1. The number of thiazole rings is 1. The van der Waals surface area contributed by atoms with E-state index in [-0.39, 0.29) is 6.42 Å². The van der Waals surface area contributed by atoms with Gasteiger partial charge in [-0.1, -0.05) is 48.5 Å². The number of halogens is 3. The van der Waals surface area contributed by atoms with Gasteiger partial charge in [0.1, 0.15) is 4.75 Å². The predicted octanol–water partition coefficient (Wildman–Crippen LogP) is 7.57. The van der Waals surface area contributed by atoms with Crippen LogP contribution in [-0.2, 0) is 22.1 Å². The van der Waals surface area contributed by atoms with Gasteiger partial charge in [0, 0.05) is 22.4 Å². The molecule has 4 aromatic rings. The Hall–Kier alpha value is -3.10. The number of benzene rings is 3. The third-order valence-corrected chi connectivity index (χ3v) is 8.28. The first-order valence-electron chi connectivity index (χ1n) is 10.8. The highest BCUT2D eigenvalue weighted by Gasteiger charge is 2.40. The van der Waals surface area contributed by atoms with Crippen LogP contribution in [0.4, 0.5) is 13.2 Å². The van der Waals surface area contributed by atoms with E-state index in [9.17, 15) is 18.0 Å². The highest BCUT2D eigenvalue weighted by Crippen LogP contribution is 2.53. The Labute approximate surface area is 209 Å². The zero-order chi connectivity index (χ0) is 25.1. The van der Waals surface area contributed by atoms with Gasteiger partial charge in [-0.15, -0.1) is 23.1 Å². The largest absolute Gasteiger partial charge is 0.481 e. The number of aryl methyl sites for hydroxylation is 2. The van der Waals surface area contributed by atoms with Crippen molar-refractivity contribution < 1.29 is 23.1 Å². The molecule has 0 aliphatic heterocycles. The zero-order valence-electron chi connectivity index (χ0n) is 18.8. The first-order chi connectivity index (χ1) is 16.7. The summed E-state index contributed by atoms with van der Waals surface area (Å²) in [7, 11) is 0. The van der Waals surface area contributed by atoms with Crippen molar-refractivity contribution in [3.05, 3.63) is 117 Å². The number of rotatable bonds is 8. The van der Waals surface area contributed by atoms with Gasteiger partial charge in [-0.2, -0.15) is 13.2 Å². The fourth-order valence-electron chi connectivity index (χ4n) is 4.01. The Balaban J connectivity index is 1.85. The van der Waals surface area contributed by atoms with Crippen LogP contribution in [0.1, 0.15) is 39.1 Å². The van der Waals surface area contributed by atoms with E-state index in [2.05, 4.69) is 4.98 Å². The van der Waals surface area contributed by atoms with Crippen molar-refractivity contribution in [1.82, 2.24) is 4.98 Å². The van der Waals surface area contributed by atoms with Crippen molar-refractivity contribution in [3.8, 4) is 0 Å². The summed E-state index contributed by atoms with van der Waals surface area (Å²) in [6.07, 6.45) is -2.18. The van der Waals surface area contributed by atoms with E-state index in [0.717, 1.165) is 38.6 Å². The molecule has 1 aromatic heterocycles. The molecule has 1 heterocycles. The van der Waals surface area contributed by atoms with Crippen molar-refractivity contribution in [2.45, 2.75) is 35.6 Å². The van der Waals surface area contributed by atoms with Gasteiger partial charge in [0.15, 0.2) is 0 Å². The van der Waals surface area contributed by atoms with Crippen LogP contribution >= 0.6 is 23.1 Å². The Morgan fingerprint density at radius 3 is 2.20 bits per heavy atom. The summed E-state index contributed by atoms with van der Waals surface area (Å²) in [6.45, 7) is 1.94. The fraction of sp³-hybridized carbons (Fsp3) is 0.185. The normalized spacial score (nSPS) is 13.4. The van der Waals surface area contributed by atoms with Crippen molar-refractivity contribution in [1.29, 1.82) is 0 Å². The molecule has 0 spiro atoms. The molecule has 3 nitrogen and oxygen atoms in total. The summed E-state index contributed by atoms with van der Waals surface area (Å²) in [4.78, 5) is 17.1. The smallest absolute Gasteiger partial charge is 0.416 e. The van der Waals surface area contributed by atoms with E-state index in [4.69, 9.17) is 5.11 Å². The predicted molar refractivity (Wildman–Crippen MR) is 133 cm³/mol. The lowest BCUT2D eigenvalue weighted by Gasteiger charge is -2.34. The first kappa shape index (κ1) is 25.0. The molecule has 0 radical (unpaired) electrons. The average Bonchev–Trinajstić information content (AvgIpc) is 3.37. The number of alkyl halides is 3. The maximum atomic E-state index is 13.3. The summed E-state index contributed by atoms with van der Waals surface area (Å²) in [5.41, 5.74) is 4.57. The number of carboxylic acids is 1. The van der Waals surface area contributed by atoms with E-state index in [1.54, 1.807) is 11.7 Å². The fourth-order valence-corrected chi connectivity index (χ4v) is 6.42. The van der Waals surface area contributed by atoms with Crippen molar-refractivity contribution in [3.63, 3.8) is 0 Å². The summed E-state index contributed by atoms with van der Waals surface area (Å²) in [6, 6.07) is 20.9. The lowest BCUT2D eigenvalue weighted by Crippen LogP contribution is -2.24. The van der Waals surface area contributed by atoms with Gasteiger partial charge in [-0.25, -0.2) is 0 Å². The maximum absolute atomic E-state index is 13.3. The van der Waals surface area contributed by atoms with E-state index in [0.29, 0.717) is 12.0 Å². The highest BCUT2D eigenvalue weighted by atomic mass is 32.2. The number of aromatic nitrogens is 1. The lowest BCUT2D eigenvalue weighted by molar-refractivity contribution is -0.138. The number of thioether (sulfide) groups is 1. The van der Waals surface area contributed by atoms with Crippen LogP contribution in [0.25, 0.3) is 0 Å². The van der Waals surface area contributed by atoms with Gasteiger partial charge in [-0.05, 0) is 59.9 Å². The summed E-state index contributed by atoms with van der Waals surface area (Å²) < 4.78 is 39.1. The number of hydrogen-bond acceptors (Lipinski definition) is 4. The SMILES string of the molecule is Cc1cc(SC(c2ccccc2)(c2ccc(C(F)(F)F)cc2)c2cncs2)ccc1CCC(=O)O. The molecule has 0 fully saturated rings. The summed E-state index contributed by atoms with van der Waals surface area (Å²) in [5.74, 6) is -0.849. The van der Waals surface area contributed by atoms with Crippen LogP contribution in [0, 0.1) is 6.92 Å². The molecule has 8 heteroatoms. The van der Waals surface area contributed by atoms with Crippen LogP contribution in [0.5, 0.6) is 0 Å². The van der Waals surface area contributed by atoms with Crippen LogP contribution in [0.3, 0.4) is 0 Å². The molecular weight excluding hydrogens is 491 g/mol. The Morgan fingerprint density at radius 2 is 1.63 bits per heavy atom. The Bertz CT molecular complexity index is 1290. The summed E-state index contributed by atoms with van der Waals surface area (Å²) >= 11 is 2.98. The van der Waals surface area contributed by atoms with Crippen LogP contribution < -0.4 is 0 Å². The number of aliphatic carboxylic acids is 1.